The topological polar surface area (TPSA) is 41.6 Å². The number of likely N-dealkylation sites (tertiary alicyclic amines) is 1. The molecule has 128 valence electrons. The van der Waals surface area contributed by atoms with Gasteiger partial charge in [0.25, 0.3) is 0 Å². The standard InChI is InChI=1S/C19H30N2O2/c1-14(2)19(22)21-11-9-17(10-12-21)20-13-16-5-7-18(8-6-16)23-15(3)4/h5-8,14-15,17,20H,9-13H2,1-4H3. The molecule has 0 aliphatic carbocycles. The van der Waals surface area contributed by atoms with Gasteiger partial charge in [-0.05, 0) is 44.4 Å². The van der Waals surface area contributed by atoms with Crippen molar-refractivity contribution < 1.29 is 9.53 Å². The Hall–Kier alpha value is -1.55. The molecule has 0 unspecified atom stereocenters. The summed E-state index contributed by atoms with van der Waals surface area (Å²) in [4.78, 5) is 14.0. The smallest absolute Gasteiger partial charge is 0.225 e. The number of carbonyl (C=O) groups excluding carboxylic acids is 1. The van der Waals surface area contributed by atoms with Crippen LogP contribution in [0.25, 0.3) is 0 Å². The van der Waals surface area contributed by atoms with Crippen LogP contribution in [0.4, 0.5) is 0 Å². The predicted molar refractivity (Wildman–Crippen MR) is 93.5 cm³/mol. The molecule has 0 aromatic heterocycles. The molecule has 1 aliphatic heterocycles. The van der Waals surface area contributed by atoms with Crippen LogP contribution in [0.3, 0.4) is 0 Å². The van der Waals surface area contributed by atoms with E-state index in [1.54, 1.807) is 0 Å². The van der Waals surface area contributed by atoms with E-state index in [2.05, 4.69) is 17.4 Å². The minimum atomic E-state index is 0.103. The Morgan fingerprint density at radius 2 is 1.78 bits per heavy atom. The first-order valence-corrected chi connectivity index (χ1v) is 8.73. The fourth-order valence-corrected chi connectivity index (χ4v) is 2.89. The van der Waals surface area contributed by atoms with E-state index in [4.69, 9.17) is 4.74 Å². The number of hydrogen-bond donors (Lipinski definition) is 1. The Balaban J connectivity index is 1.74. The summed E-state index contributed by atoms with van der Waals surface area (Å²) >= 11 is 0. The van der Waals surface area contributed by atoms with E-state index >= 15 is 0 Å². The molecule has 4 nitrogen and oxygen atoms in total. The molecule has 1 amide bonds. The largest absolute Gasteiger partial charge is 0.491 e. The molecule has 1 aromatic rings. The molecule has 23 heavy (non-hydrogen) atoms. The van der Waals surface area contributed by atoms with Gasteiger partial charge in [0.05, 0.1) is 6.10 Å². The van der Waals surface area contributed by atoms with Gasteiger partial charge in [-0.25, -0.2) is 0 Å². The van der Waals surface area contributed by atoms with Crippen molar-refractivity contribution in [3.05, 3.63) is 29.8 Å². The molecule has 0 radical (unpaired) electrons. The number of piperidine rings is 1. The molecule has 1 heterocycles. The fourth-order valence-electron chi connectivity index (χ4n) is 2.89. The Bertz CT molecular complexity index is 489. The Morgan fingerprint density at radius 3 is 2.30 bits per heavy atom. The third-order valence-electron chi connectivity index (χ3n) is 4.19. The van der Waals surface area contributed by atoms with Crippen LogP contribution < -0.4 is 10.1 Å². The van der Waals surface area contributed by atoms with Crippen LogP contribution in [0.5, 0.6) is 5.75 Å². The minimum absolute atomic E-state index is 0.103. The SMILES string of the molecule is CC(C)Oc1ccc(CNC2CCN(C(=O)C(C)C)CC2)cc1. The highest BCUT2D eigenvalue weighted by molar-refractivity contribution is 5.78. The molecule has 4 heteroatoms. The molecule has 2 rings (SSSR count). The van der Waals surface area contributed by atoms with Crippen LogP contribution >= 0.6 is 0 Å². The van der Waals surface area contributed by atoms with Gasteiger partial charge in [0.2, 0.25) is 5.91 Å². The van der Waals surface area contributed by atoms with E-state index in [-0.39, 0.29) is 17.9 Å². The molecule has 0 spiro atoms. The average molecular weight is 318 g/mol. The molecule has 0 bridgehead atoms. The van der Waals surface area contributed by atoms with Crippen molar-refractivity contribution in [3.63, 3.8) is 0 Å². The zero-order valence-electron chi connectivity index (χ0n) is 14.8. The van der Waals surface area contributed by atoms with Crippen molar-refractivity contribution in [1.82, 2.24) is 10.2 Å². The van der Waals surface area contributed by atoms with E-state index in [1.807, 2.05) is 44.7 Å². The number of carbonyl (C=O) groups is 1. The summed E-state index contributed by atoms with van der Waals surface area (Å²) in [6, 6.07) is 8.78. The van der Waals surface area contributed by atoms with Crippen molar-refractivity contribution in [2.75, 3.05) is 13.1 Å². The summed E-state index contributed by atoms with van der Waals surface area (Å²) in [7, 11) is 0. The van der Waals surface area contributed by atoms with E-state index in [0.717, 1.165) is 38.2 Å². The summed E-state index contributed by atoms with van der Waals surface area (Å²) in [6.45, 7) is 10.6. The third kappa shape index (κ3) is 5.54. The number of hydrogen-bond acceptors (Lipinski definition) is 3. The van der Waals surface area contributed by atoms with Gasteiger partial charge in [-0.2, -0.15) is 0 Å². The van der Waals surface area contributed by atoms with Gasteiger partial charge >= 0.3 is 0 Å². The molecule has 0 atom stereocenters. The highest BCUT2D eigenvalue weighted by Gasteiger charge is 2.23. The van der Waals surface area contributed by atoms with Crippen LogP contribution in [-0.4, -0.2) is 36.0 Å². The number of nitrogens with zero attached hydrogens (tertiary/aromatic N) is 1. The van der Waals surface area contributed by atoms with Crippen molar-refractivity contribution in [3.8, 4) is 5.75 Å². The minimum Gasteiger partial charge on any atom is -0.491 e. The molecule has 1 saturated heterocycles. The lowest BCUT2D eigenvalue weighted by Gasteiger charge is -2.33. The summed E-state index contributed by atoms with van der Waals surface area (Å²) < 4.78 is 5.66. The fraction of sp³-hybridized carbons (Fsp3) is 0.632. The summed E-state index contributed by atoms with van der Waals surface area (Å²) in [5, 5.41) is 3.61. The maximum absolute atomic E-state index is 12.0. The van der Waals surface area contributed by atoms with Gasteiger partial charge in [-0.15, -0.1) is 0 Å². The van der Waals surface area contributed by atoms with Crippen LogP contribution in [0.2, 0.25) is 0 Å². The molecule has 1 aromatic carbocycles. The summed E-state index contributed by atoms with van der Waals surface area (Å²) in [5.74, 6) is 1.31. The maximum atomic E-state index is 12.0. The van der Waals surface area contributed by atoms with Gasteiger partial charge in [-0.3, -0.25) is 4.79 Å². The average Bonchev–Trinajstić information content (AvgIpc) is 2.53. The first-order valence-electron chi connectivity index (χ1n) is 8.73. The molecular weight excluding hydrogens is 288 g/mol. The van der Waals surface area contributed by atoms with Crippen molar-refractivity contribution >= 4 is 5.91 Å². The number of benzene rings is 1. The van der Waals surface area contributed by atoms with Gasteiger partial charge < -0.3 is 15.0 Å². The highest BCUT2D eigenvalue weighted by Crippen LogP contribution is 2.16. The predicted octanol–water partition coefficient (Wildman–Crippen LogP) is 3.21. The van der Waals surface area contributed by atoms with Crippen molar-refractivity contribution in [2.45, 2.75) is 59.2 Å². The van der Waals surface area contributed by atoms with Gasteiger partial charge in [0, 0.05) is 31.6 Å². The monoisotopic (exact) mass is 318 g/mol. The molecule has 1 aliphatic rings. The maximum Gasteiger partial charge on any atom is 0.225 e. The van der Waals surface area contributed by atoms with E-state index in [9.17, 15) is 4.79 Å². The van der Waals surface area contributed by atoms with E-state index in [1.165, 1.54) is 5.56 Å². The van der Waals surface area contributed by atoms with Crippen LogP contribution in [0.15, 0.2) is 24.3 Å². The lowest BCUT2D eigenvalue weighted by Crippen LogP contribution is -2.45. The second-order valence-electron chi connectivity index (χ2n) is 6.95. The second kappa shape index (κ2) is 8.34. The third-order valence-corrected chi connectivity index (χ3v) is 4.19. The molecule has 1 fully saturated rings. The van der Waals surface area contributed by atoms with E-state index in [0.29, 0.717) is 6.04 Å². The normalized spacial score (nSPS) is 16.2. The number of nitrogens with one attached hydrogen (secondary N) is 1. The summed E-state index contributed by atoms with van der Waals surface area (Å²) in [6.07, 6.45) is 2.28. The van der Waals surface area contributed by atoms with Crippen molar-refractivity contribution in [2.24, 2.45) is 5.92 Å². The number of ether oxygens (including phenoxy) is 1. The van der Waals surface area contributed by atoms with Crippen molar-refractivity contribution in [1.29, 1.82) is 0 Å². The zero-order valence-corrected chi connectivity index (χ0v) is 14.8. The highest BCUT2D eigenvalue weighted by atomic mass is 16.5. The Morgan fingerprint density at radius 1 is 1.17 bits per heavy atom. The first kappa shape index (κ1) is 17.8. The number of rotatable bonds is 6. The molecule has 0 saturated carbocycles. The van der Waals surface area contributed by atoms with Crippen LogP contribution in [0, 0.1) is 5.92 Å². The van der Waals surface area contributed by atoms with Gasteiger partial charge in [0.1, 0.15) is 5.75 Å². The molecule has 1 N–H and O–H groups in total. The van der Waals surface area contributed by atoms with E-state index < -0.39 is 0 Å². The van der Waals surface area contributed by atoms with Crippen LogP contribution in [-0.2, 0) is 11.3 Å². The summed E-state index contributed by atoms with van der Waals surface area (Å²) in [5.41, 5.74) is 1.27. The van der Waals surface area contributed by atoms with Crippen LogP contribution in [0.1, 0.15) is 46.1 Å². The van der Waals surface area contributed by atoms with Gasteiger partial charge in [-0.1, -0.05) is 26.0 Å². The molecular formula is C19H30N2O2. The zero-order chi connectivity index (χ0) is 16.8. The lowest BCUT2D eigenvalue weighted by molar-refractivity contribution is -0.135. The Labute approximate surface area is 140 Å². The number of amides is 1. The van der Waals surface area contributed by atoms with Gasteiger partial charge in [0.15, 0.2) is 0 Å². The Kier molecular flexibility index (Phi) is 6.46. The second-order valence-corrected chi connectivity index (χ2v) is 6.95. The lowest BCUT2D eigenvalue weighted by atomic mass is 10.0. The quantitative estimate of drug-likeness (QED) is 0.876. The first-order chi connectivity index (χ1) is 11.0.